The van der Waals surface area contributed by atoms with Crippen LogP contribution in [0.3, 0.4) is 0 Å². The van der Waals surface area contributed by atoms with Gasteiger partial charge in [-0.15, -0.1) is 0 Å². The largest absolute Gasteiger partial charge is 0.369 e. The second kappa shape index (κ2) is 6.33. The summed E-state index contributed by atoms with van der Waals surface area (Å²) in [5.74, 6) is 0. The highest BCUT2D eigenvalue weighted by molar-refractivity contribution is 5.77. The molecule has 1 heterocycles. The van der Waals surface area contributed by atoms with Crippen molar-refractivity contribution in [1.29, 1.82) is 0 Å². The first-order valence-corrected chi connectivity index (χ1v) is 6.07. The van der Waals surface area contributed by atoms with Gasteiger partial charge in [0.25, 0.3) is 0 Å². The molecule has 7 nitrogen and oxygen atoms in total. The molecule has 0 bridgehead atoms. The van der Waals surface area contributed by atoms with Crippen LogP contribution in [0, 0.1) is 0 Å². The molecule has 0 spiro atoms. The molecule has 0 aromatic heterocycles. The summed E-state index contributed by atoms with van der Waals surface area (Å²) in [4.78, 5) is 18.5. The minimum absolute atomic E-state index is 0.307. The topological polar surface area (TPSA) is 70.5 Å². The zero-order valence-corrected chi connectivity index (χ0v) is 11.6. The van der Waals surface area contributed by atoms with Crippen molar-refractivity contribution < 1.29 is 15.0 Å². The van der Waals surface area contributed by atoms with Crippen LogP contribution in [0.15, 0.2) is 0 Å². The fourth-order valence-corrected chi connectivity index (χ4v) is 1.78. The third-order valence-corrected chi connectivity index (χ3v) is 2.97. The summed E-state index contributed by atoms with van der Waals surface area (Å²) in [6.45, 7) is 2.11. The van der Waals surface area contributed by atoms with E-state index in [1.165, 1.54) is 9.80 Å². The third-order valence-electron chi connectivity index (χ3n) is 2.97. The predicted octanol–water partition coefficient (Wildman–Crippen LogP) is -1.52. The summed E-state index contributed by atoms with van der Waals surface area (Å²) in [7, 11) is 7.58. The number of nitrogens with zero attached hydrogens (tertiary/aromatic N) is 4. The van der Waals surface area contributed by atoms with Gasteiger partial charge in [0.05, 0.1) is 0 Å². The highest BCUT2D eigenvalue weighted by Crippen LogP contribution is 2.19. The van der Waals surface area contributed by atoms with E-state index in [9.17, 15) is 15.0 Å². The molecule has 0 radical (unpaired) electrons. The number of aliphatic hydroxyl groups excluding tert-OH is 2. The lowest BCUT2D eigenvalue weighted by Gasteiger charge is -2.21. The number of carbonyl (C=O) groups excluding carboxylic acids is 1. The predicted molar refractivity (Wildman–Crippen MR) is 67.9 cm³/mol. The molecule has 2 atom stereocenters. The van der Waals surface area contributed by atoms with Gasteiger partial charge < -0.3 is 20.0 Å². The van der Waals surface area contributed by atoms with Crippen molar-refractivity contribution in [3.05, 3.63) is 0 Å². The first-order valence-electron chi connectivity index (χ1n) is 6.07. The smallest absolute Gasteiger partial charge is 0.324 e. The summed E-state index contributed by atoms with van der Waals surface area (Å²) in [6.07, 6.45) is -2.28. The Morgan fingerprint density at radius 1 is 0.944 bits per heavy atom. The molecule has 2 unspecified atom stereocenters. The Morgan fingerprint density at radius 3 is 1.56 bits per heavy atom. The minimum Gasteiger partial charge on any atom is -0.369 e. The van der Waals surface area contributed by atoms with Gasteiger partial charge in [-0.3, -0.25) is 9.80 Å². The lowest BCUT2D eigenvalue weighted by atomic mass is 10.4. The normalized spacial score (nSPS) is 24.8. The molecule has 2 amide bonds. The zero-order chi connectivity index (χ0) is 13.9. The summed E-state index contributed by atoms with van der Waals surface area (Å²) in [6, 6.07) is -0.307. The summed E-state index contributed by atoms with van der Waals surface area (Å²) < 4.78 is 0. The maximum absolute atomic E-state index is 12.0. The lowest BCUT2D eigenvalue weighted by Crippen LogP contribution is -2.40. The van der Waals surface area contributed by atoms with Gasteiger partial charge in [-0.1, -0.05) is 0 Å². The minimum atomic E-state index is -1.14. The third kappa shape index (κ3) is 3.55. The molecule has 7 heteroatoms. The molecule has 1 aliphatic rings. The van der Waals surface area contributed by atoms with Crippen LogP contribution >= 0.6 is 0 Å². The number of rotatable bonds is 6. The number of likely N-dealkylation sites (N-methyl/N-ethyl adjacent to an activating group) is 2. The van der Waals surface area contributed by atoms with E-state index in [0.717, 1.165) is 0 Å². The molecule has 0 aromatic carbocycles. The van der Waals surface area contributed by atoms with Crippen LogP contribution in [-0.2, 0) is 0 Å². The molecule has 0 aromatic rings. The monoisotopic (exact) mass is 260 g/mol. The number of hydrogen-bond acceptors (Lipinski definition) is 5. The molecule has 1 aliphatic heterocycles. The highest BCUT2D eigenvalue weighted by Gasteiger charge is 2.43. The average molecular weight is 260 g/mol. The SMILES string of the molecule is CN(C)CCN1C(=O)N(CCN(C)C)C(O)C1O. The van der Waals surface area contributed by atoms with E-state index < -0.39 is 12.5 Å². The van der Waals surface area contributed by atoms with Gasteiger partial charge in [0.1, 0.15) is 0 Å². The highest BCUT2D eigenvalue weighted by atomic mass is 16.4. The van der Waals surface area contributed by atoms with E-state index in [1.807, 2.05) is 38.0 Å². The fraction of sp³-hybridized carbons (Fsp3) is 0.909. The zero-order valence-electron chi connectivity index (χ0n) is 11.6. The van der Waals surface area contributed by atoms with Gasteiger partial charge in [0.2, 0.25) is 0 Å². The van der Waals surface area contributed by atoms with Gasteiger partial charge in [0.15, 0.2) is 12.5 Å². The van der Waals surface area contributed by atoms with Crippen molar-refractivity contribution in [2.75, 3.05) is 54.4 Å². The number of aliphatic hydroxyl groups is 2. The van der Waals surface area contributed by atoms with Crippen molar-refractivity contribution in [2.45, 2.75) is 12.5 Å². The van der Waals surface area contributed by atoms with Crippen LogP contribution in [0.5, 0.6) is 0 Å². The first kappa shape index (κ1) is 15.2. The molecule has 106 valence electrons. The van der Waals surface area contributed by atoms with Crippen molar-refractivity contribution in [3.8, 4) is 0 Å². The Hall–Kier alpha value is -0.890. The molecule has 1 rings (SSSR count). The standard InChI is InChI=1S/C11H24N4O3/c1-12(2)5-7-14-9(16)10(17)15(11(14)18)8-6-13(3)4/h9-10,16-17H,5-8H2,1-4H3. The average Bonchev–Trinajstić information content (AvgIpc) is 2.46. The Balaban J connectivity index is 2.59. The Bertz CT molecular complexity index is 259. The van der Waals surface area contributed by atoms with E-state index in [4.69, 9.17) is 0 Å². The van der Waals surface area contributed by atoms with Crippen molar-refractivity contribution in [2.24, 2.45) is 0 Å². The Kier molecular flexibility index (Phi) is 5.33. The van der Waals surface area contributed by atoms with Crippen LogP contribution in [0.2, 0.25) is 0 Å². The van der Waals surface area contributed by atoms with Gasteiger partial charge >= 0.3 is 6.03 Å². The number of amides is 2. The van der Waals surface area contributed by atoms with Crippen LogP contribution in [0.4, 0.5) is 4.79 Å². The second-order valence-electron chi connectivity index (χ2n) is 5.10. The molecule has 0 saturated carbocycles. The maximum atomic E-state index is 12.0. The quantitative estimate of drug-likeness (QED) is 0.607. The summed E-state index contributed by atoms with van der Waals surface area (Å²) in [5, 5.41) is 19.7. The molecule has 18 heavy (non-hydrogen) atoms. The van der Waals surface area contributed by atoms with Gasteiger partial charge in [-0.25, -0.2) is 4.79 Å². The van der Waals surface area contributed by atoms with Crippen LogP contribution in [0.1, 0.15) is 0 Å². The van der Waals surface area contributed by atoms with E-state index in [0.29, 0.717) is 26.2 Å². The van der Waals surface area contributed by atoms with Crippen LogP contribution in [0.25, 0.3) is 0 Å². The molecular weight excluding hydrogens is 236 g/mol. The van der Waals surface area contributed by atoms with Gasteiger partial charge in [-0.05, 0) is 28.2 Å². The number of carbonyl (C=O) groups is 1. The second-order valence-corrected chi connectivity index (χ2v) is 5.10. The molecule has 0 aliphatic carbocycles. The van der Waals surface area contributed by atoms with E-state index >= 15 is 0 Å². The van der Waals surface area contributed by atoms with Gasteiger partial charge in [0, 0.05) is 26.2 Å². The van der Waals surface area contributed by atoms with E-state index in [1.54, 1.807) is 0 Å². The molecule has 2 N–H and O–H groups in total. The van der Waals surface area contributed by atoms with Gasteiger partial charge in [-0.2, -0.15) is 0 Å². The Labute approximate surface area is 108 Å². The van der Waals surface area contributed by atoms with Crippen molar-refractivity contribution >= 4 is 6.03 Å². The van der Waals surface area contributed by atoms with E-state index in [2.05, 4.69) is 0 Å². The number of urea groups is 1. The molecule has 1 saturated heterocycles. The van der Waals surface area contributed by atoms with Crippen LogP contribution < -0.4 is 0 Å². The lowest BCUT2D eigenvalue weighted by molar-refractivity contribution is -0.0672. The Morgan fingerprint density at radius 2 is 1.28 bits per heavy atom. The molecular formula is C11H24N4O3. The van der Waals surface area contributed by atoms with Crippen molar-refractivity contribution in [1.82, 2.24) is 19.6 Å². The van der Waals surface area contributed by atoms with E-state index in [-0.39, 0.29) is 6.03 Å². The van der Waals surface area contributed by atoms with Crippen LogP contribution in [-0.4, -0.2) is 103 Å². The summed E-state index contributed by atoms with van der Waals surface area (Å²) in [5.41, 5.74) is 0. The fourth-order valence-electron chi connectivity index (χ4n) is 1.78. The van der Waals surface area contributed by atoms with Crippen molar-refractivity contribution in [3.63, 3.8) is 0 Å². The number of hydrogen-bond donors (Lipinski definition) is 2. The first-order chi connectivity index (χ1) is 8.34. The maximum Gasteiger partial charge on any atom is 0.324 e. The molecule has 1 fully saturated rings. The summed E-state index contributed by atoms with van der Waals surface area (Å²) >= 11 is 0.